The number of ether oxygens (including phenoxy) is 3. The molecule has 180 valence electrons. The van der Waals surface area contributed by atoms with E-state index in [9.17, 15) is 14.6 Å². The van der Waals surface area contributed by atoms with Gasteiger partial charge in [-0.05, 0) is 36.2 Å². The van der Waals surface area contributed by atoms with Crippen LogP contribution in [0.4, 0.5) is 4.39 Å². The molecular formula is C25H33FN2O5. The molecule has 0 amide bonds. The second-order valence-corrected chi connectivity index (χ2v) is 8.81. The summed E-state index contributed by atoms with van der Waals surface area (Å²) in [5.41, 5.74) is -0.326. The standard InChI is InChI=1S/C25H33FN2O5/c26-21-2-1-3-23(16-21)33-19-25(30)18-28(9-8-24(25)29)17-20-4-6-22(7-5-20)32-15-12-27-10-13-31-14-11-27/h1-7,16,24,29-30H,8-15,17-19H2/t24-,25-/m0/s1. The Labute approximate surface area is 194 Å². The molecule has 0 bridgehead atoms. The molecule has 2 atom stereocenters. The van der Waals surface area contributed by atoms with Gasteiger partial charge in [-0.15, -0.1) is 0 Å². The van der Waals surface area contributed by atoms with Crippen molar-refractivity contribution in [2.24, 2.45) is 0 Å². The Balaban J connectivity index is 1.25. The van der Waals surface area contributed by atoms with Crippen molar-refractivity contribution >= 4 is 0 Å². The Bertz CT molecular complexity index is 877. The van der Waals surface area contributed by atoms with E-state index in [4.69, 9.17) is 14.2 Å². The van der Waals surface area contributed by atoms with Crippen molar-refractivity contribution in [3.8, 4) is 11.5 Å². The summed E-state index contributed by atoms with van der Waals surface area (Å²) in [6.45, 7) is 6.47. The fourth-order valence-electron chi connectivity index (χ4n) is 4.25. The lowest BCUT2D eigenvalue weighted by Crippen LogP contribution is -2.59. The van der Waals surface area contributed by atoms with E-state index in [0.717, 1.165) is 44.2 Å². The summed E-state index contributed by atoms with van der Waals surface area (Å²) in [5, 5.41) is 21.4. The number of morpholine rings is 1. The lowest BCUT2D eigenvalue weighted by molar-refractivity contribution is -0.140. The predicted molar refractivity (Wildman–Crippen MR) is 122 cm³/mol. The van der Waals surface area contributed by atoms with E-state index in [1.165, 1.54) is 12.1 Å². The maximum Gasteiger partial charge on any atom is 0.137 e. The second-order valence-electron chi connectivity index (χ2n) is 8.81. The van der Waals surface area contributed by atoms with Gasteiger partial charge in [-0.3, -0.25) is 9.80 Å². The van der Waals surface area contributed by atoms with Crippen molar-refractivity contribution < 1.29 is 28.8 Å². The molecule has 2 N–H and O–H groups in total. The quantitative estimate of drug-likeness (QED) is 0.592. The Kier molecular flexibility index (Phi) is 8.16. The lowest BCUT2D eigenvalue weighted by atomic mass is 9.90. The number of hydrogen-bond acceptors (Lipinski definition) is 7. The number of halogens is 1. The highest BCUT2D eigenvalue weighted by Crippen LogP contribution is 2.25. The highest BCUT2D eigenvalue weighted by molar-refractivity contribution is 5.27. The van der Waals surface area contributed by atoms with Gasteiger partial charge < -0.3 is 24.4 Å². The Morgan fingerprint density at radius 1 is 1.00 bits per heavy atom. The highest BCUT2D eigenvalue weighted by Gasteiger charge is 2.42. The van der Waals surface area contributed by atoms with Gasteiger partial charge in [0.1, 0.15) is 36.1 Å². The van der Waals surface area contributed by atoms with E-state index in [1.807, 2.05) is 24.3 Å². The zero-order valence-corrected chi connectivity index (χ0v) is 18.9. The second kappa shape index (κ2) is 11.3. The smallest absolute Gasteiger partial charge is 0.137 e. The van der Waals surface area contributed by atoms with Crippen LogP contribution < -0.4 is 9.47 Å². The molecule has 2 aliphatic rings. The van der Waals surface area contributed by atoms with Crippen LogP contribution in [-0.2, 0) is 11.3 Å². The molecule has 4 rings (SSSR count). The summed E-state index contributed by atoms with van der Waals surface area (Å²) >= 11 is 0. The minimum absolute atomic E-state index is 0.107. The van der Waals surface area contributed by atoms with E-state index in [1.54, 1.807) is 12.1 Å². The SMILES string of the molecule is O[C@H]1CCN(Cc2ccc(OCCN3CCOCC3)cc2)C[C@]1(O)COc1cccc(F)c1. The third-order valence-corrected chi connectivity index (χ3v) is 6.23. The van der Waals surface area contributed by atoms with Crippen molar-refractivity contribution in [3.63, 3.8) is 0 Å². The first-order valence-corrected chi connectivity index (χ1v) is 11.5. The van der Waals surface area contributed by atoms with Gasteiger partial charge in [0.05, 0.1) is 19.3 Å². The third kappa shape index (κ3) is 6.88. The first kappa shape index (κ1) is 23.9. The Hall–Kier alpha value is -2.23. The van der Waals surface area contributed by atoms with Gasteiger partial charge in [0.25, 0.3) is 0 Å². The summed E-state index contributed by atoms with van der Waals surface area (Å²) in [5.74, 6) is 0.761. The highest BCUT2D eigenvalue weighted by atomic mass is 19.1. The van der Waals surface area contributed by atoms with Crippen LogP contribution in [0.15, 0.2) is 48.5 Å². The van der Waals surface area contributed by atoms with Crippen LogP contribution in [0.5, 0.6) is 11.5 Å². The molecule has 33 heavy (non-hydrogen) atoms. The number of nitrogens with zero attached hydrogens (tertiary/aromatic N) is 2. The van der Waals surface area contributed by atoms with Crippen molar-refractivity contribution in [3.05, 3.63) is 59.9 Å². The molecule has 2 fully saturated rings. The number of β-amino-alcohol motifs (C(OH)–C–C–N with tert-alkyl or cyclic N) is 1. The molecule has 2 aromatic rings. The number of benzene rings is 2. The molecule has 0 aromatic heterocycles. The molecule has 0 unspecified atom stereocenters. The molecule has 7 nitrogen and oxygen atoms in total. The van der Waals surface area contributed by atoms with E-state index in [0.29, 0.717) is 31.9 Å². The average molecular weight is 461 g/mol. The Morgan fingerprint density at radius 3 is 2.55 bits per heavy atom. The summed E-state index contributed by atoms with van der Waals surface area (Å²) in [6.07, 6.45) is -0.462. The van der Waals surface area contributed by atoms with E-state index in [2.05, 4.69) is 9.80 Å². The molecule has 2 saturated heterocycles. The molecule has 0 aliphatic carbocycles. The van der Waals surface area contributed by atoms with Crippen LogP contribution in [-0.4, -0.2) is 90.9 Å². The first-order valence-electron chi connectivity index (χ1n) is 11.5. The van der Waals surface area contributed by atoms with Crippen LogP contribution in [0.1, 0.15) is 12.0 Å². The van der Waals surface area contributed by atoms with Crippen molar-refractivity contribution in [2.45, 2.75) is 24.7 Å². The van der Waals surface area contributed by atoms with Gasteiger partial charge in [0.2, 0.25) is 0 Å². The van der Waals surface area contributed by atoms with Crippen LogP contribution in [0.25, 0.3) is 0 Å². The number of hydrogen-bond donors (Lipinski definition) is 2. The zero-order chi connectivity index (χ0) is 23.1. The number of piperidine rings is 1. The normalized spacial score (nSPS) is 24.5. The summed E-state index contributed by atoms with van der Waals surface area (Å²) in [6, 6.07) is 13.8. The van der Waals surface area contributed by atoms with E-state index >= 15 is 0 Å². The molecule has 8 heteroatoms. The molecule has 0 spiro atoms. The molecule has 0 saturated carbocycles. The van der Waals surface area contributed by atoms with Gasteiger partial charge in [-0.25, -0.2) is 4.39 Å². The van der Waals surface area contributed by atoms with Gasteiger partial charge in [-0.2, -0.15) is 0 Å². The average Bonchev–Trinajstić information content (AvgIpc) is 2.82. The van der Waals surface area contributed by atoms with Crippen molar-refractivity contribution in [2.75, 3.05) is 59.2 Å². The van der Waals surface area contributed by atoms with E-state index < -0.39 is 17.5 Å². The lowest BCUT2D eigenvalue weighted by Gasteiger charge is -2.42. The Morgan fingerprint density at radius 2 is 1.79 bits per heavy atom. The molecule has 2 heterocycles. The van der Waals surface area contributed by atoms with Crippen molar-refractivity contribution in [1.82, 2.24) is 9.80 Å². The summed E-state index contributed by atoms with van der Waals surface area (Å²) in [7, 11) is 0. The molecule has 2 aromatic carbocycles. The van der Waals surface area contributed by atoms with Crippen LogP contribution >= 0.6 is 0 Å². The molecule has 2 aliphatic heterocycles. The summed E-state index contributed by atoms with van der Waals surface area (Å²) < 4.78 is 30.2. The zero-order valence-electron chi connectivity index (χ0n) is 18.9. The fraction of sp³-hybridized carbons (Fsp3) is 0.520. The number of aliphatic hydroxyl groups is 2. The molecule has 0 radical (unpaired) electrons. The maximum absolute atomic E-state index is 13.4. The number of aliphatic hydroxyl groups excluding tert-OH is 1. The van der Waals surface area contributed by atoms with Crippen LogP contribution in [0, 0.1) is 5.82 Å². The minimum Gasteiger partial charge on any atom is -0.492 e. The van der Waals surface area contributed by atoms with Gasteiger partial charge >= 0.3 is 0 Å². The van der Waals surface area contributed by atoms with Crippen molar-refractivity contribution in [1.29, 1.82) is 0 Å². The van der Waals surface area contributed by atoms with Gasteiger partial charge in [0, 0.05) is 45.3 Å². The fourth-order valence-corrected chi connectivity index (χ4v) is 4.25. The van der Waals surface area contributed by atoms with E-state index in [-0.39, 0.29) is 13.2 Å². The number of rotatable bonds is 9. The van der Waals surface area contributed by atoms with Gasteiger partial charge in [0.15, 0.2) is 0 Å². The maximum atomic E-state index is 13.4. The minimum atomic E-state index is -1.42. The van der Waals surface area contributed by atoms with Crippen LogP contribution in [0.2, 0.25) is 0 Å². The molecular weight excluding hydrogens is 427 g/mol. The monoisotopic (exact) mass is 460 g/mol. The predicted octanol–water partition coefficient (Wildman–Crippen LogP) is 1.91. The largest absolute Gasteiger partial charge is 0.492 e. The topological polar surface area (TPSA) is 74.6 Å². The number of likely N-dealkylation sites (tertiary alicyclic amines) is 1. The first-order chi connectivity index (χ1) is 16.0. The third-order valence-electron chi connectivity index (χ3n) is 6.23. The summed E-state index contributed by atoms with van der Waals surface area (Å²) in [4.78, 5) is 4.43. The van der Waals surface area contributed by atoms with Gasteiger partial charge in [-0.1, -0.05) is 18.2 Å². The van der Waals surface area contributed by atoms with Crippen LogP contribution in [0.3, 0.4) is 0 Å².